The molecule has 0 aromatic carbocycles. The van der Waals surface area contributed by atoms with Gasteiger partial charge in [0.2, 0.25) is 0 Å². The van der Waals surface area contributed by atoms with Gasteiger partial charge in [-0.1, -0.05) is 0 Å². The van der Waals surface area contributed by atoms with Crippen molar-refractivity contribution >= 4 is 27.3 Å². The Morgan fingerprint density at radius 2 is 2.13 bits per heavy atom. The van der Waals surface area contributed by atoms with Gasteiger partial charge in [0, 0.05) is 6.42 Å². The van der Waals surface area contributed by atoms with Crippen LogP contribution in [0.15, 0.2) is 15.2 Å². The van der Waals surface area contributed by atoms with Crippen LogP contribution in [0.3, 0.4) is 0 Å². The highest BCUT2D eigenvalue weighted by molar-refractivity contribution is 9.11. The van der Waals surface area contributed by atoms with Crippen molar-refractivity contribution in [2.75, 3.05) is 0 Å². The molecule has 0 bridgehead atoms. The second-order valence-electron chi connectivity index (χ2n) is 3.21. The number of aliphatic hydroxyl groups is 1. The van der Waals surface area contributed by atoms with Crippen molar-refractivity contribution in [3.8, 4) is 0 Å². The molecule has 15 heavy (non-hydrogen) atoms. The van der Waals surface area contributed by atoms with Gasteiger partial charge in [-0.2, -0.15) is 13.2 Å². The second kappa shape index (κ2) is 5.32. The maximum Gasteiger partial charge on any atom is 0.389 e. The van der Waals surface area contributed by atoms with Crippen LogP contribution in [0.2, 0.25) is 0 Å². The normalized spacial score (nSPS) is 14.2. The molecule has 1 unspecified atom stereocenters. The molecular weight excluding hydrogens is 293 g/mol. The highest BCUT2D eigenvalue weighted by Gasteiger charge is 2.26. The van der Waals surface area contributed by atoms with E-state index in [2.05, 4.69) is 15.9 Å². The first kappa shape index (κ1) is 13.0. The Bertz CT molecular complexity index is 311. The van der Waals surface area contributed by atoms with Gasteiger partial charge >= 0.3 is 6.18 Å². The van der Waals surface area contributed by atoms with Crippen molar-refractivity contribution in [3.63, 3.8) is 0 Å². The van der Waals surface area contributed by atoms with Gasteiger partial charge in [0.25, 0.3) is 0 Å². The molecule has 6 heteroatoms. The van der Waals surface area contributed by atoms with Crippen LogP contribution in [0.5, 0.6) is 0 Å². The third-order valence-corrected chi connectivity index (χ3v) is 3.43. The standard InChI is InChI=1S/C9H10BrF3OS/c10-8-4-6(5-15-8)7(14)2-1-3-9(11,12)13/h4-5,7,14H,1-3H2. The van der Waals surface area contributed by atoms with Crippen LogP contribution in [0.25, 0.3) is 0 Å². The molecule has 0 aliphatic rings. The third kappa shape index (κ3) is 4.99. The maximum atomic E-state index is 11.8. The summed E-state index contributed by atoms with van der Waals surface area (Å²) in [6, 6.07) is 1.73. The Morgan fingerprint density at radius 3 is 2.60 bits per heavy atom. The highest BCUT2D eigenvalue weighted by Crippen LogP contribution is 2.30. The van der Waals surface area contributed by atoms with Crippen LogP contribution in [0.1, 0.15) is 30.9 Å². The molecular formula is C9H10BrF3OS. The lowest BCUT2D eigenvalue weighted by molar-refractivity contribution is -0.136. The van der Waals surface area contributed by atoms with Gasteiger partial charge in [0.05, 0.1) is 9.89 Å². The summed E-state index contributed by atoms with van der Waals surface area (Å²) in [7, 11) is 0. The summed E-state index contributed by atoms with van der Waals surface area (Å²) in [5, 5.41) is 11.3. The fraction of sp³-hybridized carbons (Fsp3) is 0.556. The van der Waals surface area contributed by atoms with Gasteiger partial charge < -0.3 is 5.11 Å². The molecule has 1 aromatic rings. The van der Waals surface area contributed by atoms with E-state index in [1.165, 1.54) is 11.3 Å². The fourth-order valence-electron chi connectivity index (χ4n) is 1.16. The lowest BCUT2D eigenvalue weighted by atomic mass is 10.1. The number of aliphatic hydroxyl groups excluding tert-OH is 1. The van der Waals surface area contributed by atoms with E-state index in [-0.39, 0.29) is 12.8 Å². The first-order chi connectivity index (χ1) is 6.88. The molecule has 0 saturated carbocycles. The van der Waals surface area contributed by atoms with Crippen molar-refractivity contribution < 1.29 is 18.3 Å². The fourth-order valence-corrected chi connectivity index (χ4v) is 2.38. The van der Waals surface area contributed by atoms with E-state index in [0.717, 1.165) is 3.79 Å². The summed E-state index contributed by atoms with van der Waals surface area (Å²) < 4.78 is 36.3. The molecule has 1 N–H and O–H groups in total. The van der Waals surface area contributed by atoms with Crippen LogP contribution < -0.4 is 0 Å². The van der Waals surface area contributed by atoms with Gasteiger partial charge in [-0.05, 0) is 45.8 Å². The summed E-state index contributed by atoms with van der Waals surface area (Å²) in [6.07, 6.45) is -5.67. The summed E-state index contributed by atoms with van der Waals surface area (Å²) in [4.78, 5) is 0. The molecule has 0 fully saturated rings. The Kier molecular flexibility index (Phi) is 4.61. The van der Waals surface area contributed by atoms with E-state index in [1.807, 2.05) is 0 Å². The van der Waals surface area contributed by atoms with E-state index >= 15 is 0 Å². The van der Waals surface area contributed by atoms with Crippen molar-refractivity contribution in [2.24, 2.45) is 0 Å². The zero-order valence-electron chi connectivity index (χ0n) is 7.72. The Balaban J connectivity index is 2.34. The summed E-state index contributed by atoms with van der Waals surface area (Å²) in [5.74, 6) is 0. The lowest BCUT2D eigenvalue weighted by Gasteiger charge is -2.09. The summed E-state index contributed by atoms with van der Waals surface area (Å²) in [5.41, 5.74) is 0.675. The second-order valence-corrected chi connectivity index (χ2v) is 5.50. The maximum absolute atomic E-state index is 11.8. The molecule has 86 valence electrons. The quantitative estimate of drug-likeness (QED) is 0.880. The smallest absolute Gasteiger partial charge is 0.388 e. The lowest BCUT2D eigenvalue weighted by Crippen LogP contribution is -2.07. The SMILES string of the molecule is OC(CCCC(F)(F)F)c1csc(Br)c1. The molecule has 0 radical (unpaired) electrons. The minimum Gasteiger partial charge on any atom is -0.388 e. The molecule has 0 spiro atoms. The molecule has 0 aliphatic heterocycles. The molecule has 1 nitrogen and oxygen atoms in total. The molecule has 1 heterocycles. The van der Waals surface area contributed by atoms with Crippen LogP contribution >= 0.6 is 27.3 Å². The van der Waals surface area contributed by atoms with Gasteiger partial charge in [0.15, 0.2) is 0 Å². The Hall–Kier alpha value is -0.0700. The summed E-state index contributed by atoms with van der Waals surface area (Å²) in [6.45, 7) is 0. The molecule has 1 aromatic heterocycles. The van der Waals surface area contributed by atoms with Crippen molar-refractivity contribution in [3.05, 3.63) is 20.8 Å². The first-order valence-electron chi connectivity index (χ1n) is 4.37. The Morgan fingerprint density at radius 1 is 1.47 bits per heavy atom. The van der Waals surface area contributed by atoms with Crippen LogP contribution in [-0.2, 0) is 0 Å². The molecule has 1 atom stereocenters. The first-order valence-corrected chi connectivity index (χ1v) is 6.04. The van der Waals surface area contributed by atoms with E-state index < -0.39 is 18.7 Å². The van der Waals surface area contributed by atoms with E-state index in [0.29, 0.717) is 5.56 Å². The number of hydrogen-bond acceptors (Lipinski definition) is 2. The zero-order valence-corrected chi connectivity index (χ0v) is 10.1. The van der Waals surface area contributed by atoms with Crippen molar-refractivity contribution in [2.45, 2.75) is 31.5 Å². The number of halogens is 4. The van der Waals surface area contributed by atoms with Gasteiger partial charge in [-0.25, -0.2) is 0 Å². The van der Waals surface area contributed by atoms with Crippen LogP contribution in [0, 0.1) is 0 Å². The largest absolute Gasteiger partial charge is 0.389 e. The zero-order chi connectivity index (χ0) is 11.5. The molecule has 0 aliphatic carbocycles. The molecule has 0 saturated heterocycles. The van der Waals surface area contributed by atoms with Crippen molar-refractivity contribution in [1.82, 2.24) is 0 Å². The monoisotopic (exact) mass is 302 g/mol. The van der Waals surface area contributed by atoms with E-state index in [9.17, 15) is 18.3 Å². The number of alkyl halides is 3. The van der Waals surface area contributed by atoms with Gasteiger partial charge in [-0.3, -0.25) is 0 Å². The number of hydrogen-bond donors (Lipinski definition) is 1. The third-order valence-electron chi connectivity index (χ3n) is 1.91. The number of rotatable bonds is 4. The van der Waals surface area contributed by atoms with Crippen molar-refractivity contribution in [1.29, 1.82) is 0 Å². The molecule has 0 amide bonds. The van der Waals surface area contributed by atoms with Crippen LogP contribution in [0.4, 0.5) is 13.2 Å². The minimum absolute atomic E-state index is 0.0435. The van der Waals surface area contributed by atoms with Crippen LogP contribution in [-0.4, -0.2) is 11.3 Å². The predicted octanol–water partition coefficient (Wildman–Crippen LogP) is 4.28. The molecule has 1 rings (SSSR count). The predicted molar refractivity (Wildman–Crippen MR) is 56.9 cm³/mol. The van der Waals surface area contributed by atoms with E-state index in [4.69, 9.17) is 0 Å². The minimum atomic E-state index is -4.13. The topological polar surface area (TPSA) is 20.2 Å². The average Bonchev–Trinajstić information content (AvgIpc) is 2.49. The Labute approximate surface area is 98.1 Å². The van der Waals surface area contributed by atoms with Gasteiger partial charge in [0.1, 0.15) is 0 Å². The van der Waals surface area contributed by atoms with E-state index in [1.54, 1.807) is 11.4 Å². The number of thiophene rings is 1. The highest BCUT2D eigenvalue weighted by atomic mass is 79.9. The average molecular weight is 303 g/mol. The van der Waals surface area contributed by atoms with Gasteiger partial charge in [-0.15, -0.1) is 11.3 Å². The summed E-state index contributed by atoms with van der Waals surface area (Å²) >= 11 is 4.63.